The van der Waals surface area contributed by atoms with Crippen LogP contribution in [0.1, 0.15) is 0 Å². The average molecular weight is 523 g/mol. The average Bonchev–Trinajstić information content (AvgIpc) is 2.47. The Labute approximate surface area is 160 Å². The maximum atomic E-state index is 12.7. The summed E-state index contributed by atoms with van der Waals surface area (Å²) in [4.78, 5) is -0.402. The molecule has 0 unspecified atom stereocenters. The molecule has 0 aliphatic heterocycles. The maximum absolute atomic E-state index is 12.7. The van der Waals surface area contributed by atoms with Crippen LogP contribution in [0.25, 0.3) is 0 Å². The molecule has 0 aromatic heterocycles. The van der Waals surface area contributed by atoms with Crippen LogP contribution in [0.3, 0.4) is 0 Å². The third-order valence-corrected chi connectivity index (χ3v) is 12.8. The van der Waals surface area contributed by atoms with Crippen LogP contribution in [0.4, 0.5) is 0 Å². The van der Waals surface area contributed by atoms with Crippen LogP contribution in [-0.4, -0.2) is 18.7 Å². The van der Waals surface area contributed by atoms with Crippen molar-refractivity contribution < 1.29 is 16.8 Å². The van der Waals surface area contributed by atoms with E-state index in [9.17, 15) is 16.8 Å². The summed E-state index contributed by atoms with van der Waals surface area (Å²) in [5.41, 5.74) is 0. The van der Waals surface area contributed by atoms with Crippen LogP contribution >= 0.6 is 55.1 Å². The fourth-order valence-electron chi connectivity index (χ4n) is 1.65. The van der Waals surface area contributed by atoms with E-state index in [2.05, 4.69) is 31.9 Å². The second-order valence-corrected chi connectivity index (χ2v) is 15.2. The third-order valence-electron chi connectivity index (χ3n) is 2.87. The van der Waals surface area contributed by atoms with Crippen molar-refractivity contribution in [2.45, 2.75) is 11.7 Å². The minimum absolute atomic E-state index is 0.201. The molecule has 2 rings (SSSR count). The van der Waals surface area contributed by atoms with Gasteiger partial charge in [0.15, 0.2) is 0 Å². The molecule has 0 aliphatic carbocycles. The molecule has 23 heavy (non-hydrogen) atoms. The van der Waals surface area contributed by atoms with Crippen LogP contribution in [0.15, 0.2) is 58.3 Å². The van der Waals surface area contributed by atoms with E-state index in [-0.39, 0.29) is 9.79 Å². The van der Waals surface area contributed by atoms with Gasteiger partial charge in [0.25, 0.3) is 1.90 Å². The Bertz CT molecular complexity index is 845. The molecule has 2 aromatic carbocycles. The maximum Gasteiger partial charge on any atom is 0.289 e. The van der Waals surface area contributed by atoms with Crippen molar-refractivity contribution in [1.29, 1.82) is 0 Å². The van der Waals surface area contributed by atoms with Crippen LogP contribution in [0.2, 0.25) is 10.0 Å². The number of hydrogen-bond donors (Lipinski definition) is 0. The van der Waals surface area contributed by atoms with Crippen LogP contribution in [0.5, 0.6) is 0 Å². The zero-order valence-electron chi connectivity index (χ0n) is 11.1. The Morgan fingerprint density at radius 2 is 0.913 bits per heavy atom. The van der Waals surface area contributed by atoms with E-state index >= 15 is 0 Å². The highest BCUT2D eigenvalue weighted by Crippen LogP contribution is 2.45. The molecule has 0 heterocycles. The van der Waals surface area contributed by atoms with Crippen molar-refractivity contribution in [2.75, 3.05) is 0 Å². The van der Waals surface area contributed by atoms with E-state index < -0.39 is 21.6 Å². The number of halogens is 4. The molecule has 0 radical (unpaired) electrons. The molecule has 0 atom stereocenters. The Hall–Kier alpha value is -0.120. The lowest BCUT2D eigenvalue weighted by Gasteiger charge is -2.21. The lowest BCUT2D eigenvalue weighted by molar-refractivity contribution is 0.584. The molecule has 0 saturated heterocycles. The van der Waals surface area contributed by atoms with Crippen molar-refractivity contribution in [3.8, 4) is 0 Å². The van der Waals surface area contributed by atoms with Gasteiger partial charge in [0.1, 0.15) is 0 Å². The predicted molar refractivity (Wildman–Crippen MR) is 97.9 cm³/mol. The summed E-state index contributed by atoms with van der Waals surface area (Å²) < 4.78 is 48.4. The quantitative estimate of drug-likeness (QED) is 0.548. The molecule has 0 N–H and O–H groups in total. The van der Waals surface area contributed by atoms with E-state index in [1.54, 1.807) is 0 Å². The van der Waals surface area contributed by atoms with Crippen molar-refractivity contribution in [2.24, 2.45) is 0 Å². The van der Waals surface area contributed by atoms with Gasteiger partial charge in [-0.05, 0) is 80.4 Å². The molecule has 4 nitrogen and oxygen atoms in total. The summed E-state index contributed by atoms with van der Waals surface area (Å²) in [6.07, 6.45) is 0. The van der Waals surface area contributed by atoms with E-state index in [1.807, 2.05) is 0 Å². The Morgan fingerprint density at radius 3 is 1.17 bits per heavy atom. The minimum atomic E-state index is -4.32. The van der Waals surface area contributed by atoms with Crippen LogP contribution < -0.4 is 0 Å². The number of alkyl halides is 2. The topological polar surface area (TPSA) is 68.3 Å². The molecule has 10 heteroatoms. The molecule has 0 amide bonds. The minimum Gasteiger partial charge on any atom is -0.220 e. The Kier molecular flexibility index (Phi) is 5.55. The lowest BCUT2D eigenvalue weighted by Crippen LogP contribution is -2.34. The number of benzene rings is 2. The zero-order chi connectivity index (χ0) is 17.5. The van der Waals surface area contributed by atoms with Gasteiger partial charge in [0.05, 0.1) is 9.79 Å². The van der Waals surface area contributed by atoms with E-state index in [0.717, 1.165) is 0 Å². The first kappa shape index (κ1) is 19.2. The highest BCUT2D eigenvalue weighted by molar-refractivity contribution is 9.30. The molecular weight excluding hydrogens is 515 g/mol. The summed E-state index contributed by atoms with van der Waals surface area (Å²) in [5.74, 6) is 0. The van der Waals surface area contributed by atoms with Gasteiger partial charge in [0.2, 0.25) is 19.7 Å². The number of sulfone groups is 2. The lowest BCUT2D eigenvalue weighted by atomic mass is 10.4. The fourth-order valence-corrected chi connectivity index (χ4v) is 7.41. The van der Waals surface area contributed by atoms with Crippen molar-refractivity contribution in [1.82, 2.24) is 0 Å². The summed E-state index contributed by atoms with van der Waals surface area (Å²) in [7, 11) is -8.63. The highest BCUT2D eigenvalue weighted by Gasteiger charge is 2.52. The molecular formula is C13H8Br2Cl2O4S2. The molecule has 0 saturated carbocycles. The van der Waals surface area contributed by atoms with Gasteiger partial charge in [-0.25, -0.2) is 16.8 Å². The van der Waals surface area contributed by atoms with Gasteiger partial charge in [-0.15, -0.1) is 0 Å². The summed E-state index contributed by atoms with van der Waals surface area (Å²) in [6, 6.07) is 10.4. The van der Waals surface area contributed by atoms with E-state index in [0.29, 0.717) is 10.0 Å². The summed E-state index contributed by atoms with van der Waals surface area (Å²) >= 11 is 17.1. The first-order chi connectivity index (χ1) is 10.5. The van der Waals surface area contributed by atoms with Gasteiger partial charge in [-0.1, -0.05) is 23.2 Å². The third kappa shape index (κ3) is 3.48. The molecule has 124 valence electrons. The number of rotatable bonds is 4. The first-order valence-corrected chi connectivity index (χ1v) is 11.2. The standard InChI is InChI=1S/C13H8Br2Cl2O4S2/c14-13(15,22(18,19)11-5-1-9(16)2-6-11)23(20,21)12-7-3-10(17)4-8-12/h1-8H. The van der Waals surface area contributed by atoms with Gasteiger partial charge < -0.3 is 0 Å². The van der Waals surface area contributed by atoms with Crippen LogP contribution in [-0.2, 0) is 19.7 Å². The molecule has 0 bridgehead atoms. The van der Waals surface area contributed by atoms with Crippen LogP contribution in [0, 0.1) is 0 Å². The van der Waals surface area contributed by atoms with Crippen molar-refractivity contribution in [3.63, 3.8) is 0 Å². The summed E-state index contributed by atoms with van der Waals surface area (Å²) in [5, 5.41) is 0.665. The van der Waals surface area contributed by atoms with E-state index in [4.69, 9.17) is 23.2 Å². The monoisotopic (exact) mass is 520 g/mol. The highest BCUT2D eigenvalue weighted by atomic mass is 79.9. The second-order valence-electron chi connectivity index (χ2n) is 4.38. The van der Waals surface area contributed by atoms with E-state index in [1.165, 1.54) is 48.5 Å². The van der Waals surface area contributed by atoms with Gasteiger partial charge in [-0.3, -0.25) is 0 Å². The molecule has 0 fully saturated rings. The second kappa shape index (κ2) is 6.65. The zero-order valence-corrected chi connectivity index (χ0v) is 17.4. The summed E-state index contributed by atoms with van der Waals surface area (Å²) in [6.45, 7) is 0. The SMILES string of the molecule is O=S(=O)(c1ccc(Cl)cc1)C(Br)(Br)S(=O)(=O)c1ccc(Cl)cc1. The van der Waals surface area contributed by atoms with Crippen molar-refractivity contribution in [3.05, 3.63) is 58.6 Å². The number of hydrogen-bond acceptors (Lipinski definition) is 4. The Balaban J connectivity index is 2.59. The largest absolute Gasteiger partial charge is 0.289 e. The first-order valence-electron chi connectivity index (χ1n) is 5.88. The van der Waals surface area contributed by atoms with Gasteiger partial charge in [0, 0.05) is 10.0 Å². The molecule has 0 aliphatic rings. The normalized spacial score (nSPS) is 13.0. The smallest absolute Gasteiger partial charge is 0.220 e. The van der Waals surface area contributed by atoms with Crippen molar-refractivity contribution >= 4 is 74.7 Å². The fraction of sp³-hybridized carbons (Fsp3) is 0.0769. The van der Waals surface area contributed by atoms with Gasteiger partial charge in [-0.2, -0.15) is 0 Å². The Morgan fingerprint density at radius 1 is 0.652 bits per heavy atom. The molecule has 2 aromatic rings. The molecule has 0 spiro atoms. The van der Waals surface area contributed by atoms with Gasteiger partial charge >= 0.3 is 0 Å². The predicted octanol–water partition coefficient (Wildman–Crippen LogP) is 4.64.